The van der Waals surface area contributed by atoms with Crippen LogP contribution in [0.4, 0.5) is 0 Å². The van der Waals surface area contributed by atoms with Crippen LogP contribution in [0.3, 0.4) is 0 Å². The average molecular weight is 487 g/mol. The van der Waals surface area contributed by atoms with Crippen molar-refractivity contribution < 1.29 is 48.3 Å². The van der Waals surface area contributed by atoms with E-state index in [0.717, 1.165) is 25.7 Å². The third kappa shape index (κ3) is 10.4. The van der Waals surface area contributed by atoms with E-state index in [4.69, 9.17) is 29.2 Å². The first kappa shape index (κ1) is 28.0. The molecular weight excluding hydrogens is 448 g/mol. The lowest BCUT2D eigenvalue weighted by Gasteiger charge is -2.24. The number of carbonyl (C=O) groups excluding carboxylic acids is 2. The normalized spacial score (nSPS) is 34.3. The summed E-state index contributed by atoms with van der Waals surface area (Å²) >= 11 is 0. The molecule has 4 fully saturated rings. The van der Waals surface area contributed by atoms with E-state index in [0.29, 0.717) is 87.1 Å². The van der Waals surface area contributed by atoms with Crippen molar-refractivity contribution in [2.75, 3.05) is 13.2 Å². The minimum atomic E-state index is -0.870. The molecule has 0 aromatic rings. The smallest absolute Gasteiger partial charge is 0.303 e. The largest absolute Gasteiger partial charge is 0.481 e. The van der Waals surface area contributed by atoms with Gasteiger partial charge in [0.25, 0.3) is 12.9 Å². The Hall–Kier alpha value is -2.20. The van der Waals surface area contributed by atoms with Crippen LogP contribution in [0.25, 0.3) is 0 Å². The number of epoxide rings is 2. The lowest BCUT2D eigenvalue weighted by atomic mass is 9.81. The predicted molar refractivity (Wildman–Crippen MR) is 119 cm³/mol. The molecule has 10 heteroatoms. The summed E-state index contributed by atoms with van der Waals surface area (Å²) in [6.45, 7) is 6.61. The maximum atomic E-state index is 9.99. The fraction of sp³-hybridized carbons (Fsp3) is 0.833. The molecular formula is C24H38O10. The van der Waals surface area contributed by atoms with Gasteiger partial charge in [-0.25, -0.2) is 0 Å². The first-order valence-electron chi connectivity index (χ1n) is 12.1. The summed E-state index contributed by atoms with van der Waals surface area (Å²) in [4.78, 5) is 39.8. The minimum Gasteiger partial charge on any atom is -0.481 e. The fourth-order valence-corrected chi connectivity index (χ4v) is 4.71. The monoisotopic (exact) mass is 486 g/mol. The second-order valence-electron chi connectivity index (χ2n) is 9.70. The summed E-state index contributed by atoms with van der Waals surface area (Å²) in [5.41, 5.74) is 0. The van der Waals surface area contributed by atoms with Crippen molar-refractivity contribution in [2.24, 2.45) is 23.7 Å². The van der Waals surface area contributed by atoms with Crippen molar-refractivity contribution in [2.45, 2.75) is 89.6 Å². The summed E-state index contributed by atoms with van der Waals surface area (Å²) in [6.07, 6.45) is 7.42. The lowest BCUT2D eigenvalue weighted by Crippen LogP contribution is -2.26. The molecule has 0 aromatic carbocycles. The number of unbranched alkanes of at least 4 members (excludes halogenated alkanes) is 1. The zero-order valence-corrected chi connectivity index (χ0v) is 20.0. The van der Waals surface area contributed by atoms with Gasteiger partial charge >= 0.3 is 11.9 Å². The Labute approximate surface area is 200 Å². The molecule has 34 heavy (non-hydrogen) atoms. The highest BCUT2D eigenvalue weighted by molar-refractivity contribution is 5.67. The van der Waals surface area contributed by atoms with Crippen LogP contribution in [0.15, 0.2) is 0 Å². The first-order chi connectivity index (χ1) is 16.2. The fourth-order valence-electron chi connectivity index (χ4n) is 4.71. The van der Waals surface area contributed by atoms with E-state index in [1.807, 2.05) is 0 Å². The van der Waals surface area contributed by atoms with Gasteiger partial charge in [0.2, 0.25) is 0 Å². The van der Waals surface area contributed by atoms with Gasteiger partial charge in [-0.05, 0) is 62.2 Å². The molecule has 194 valence electrons. The van der Waals surface area contributed by atoms with Crippen LogP contribution in [-0.4, -0.2) is 72.7 Å². The zero-order valence-electron chi connectivity index (χ0n) is 20.0. The molecule has 2 aliphatic heterocycles. The van der Waals surface area contributed by atoms with Gasteiger partial charge in [-0.3, -0.25) is 19.2 Å². The molecule has 8 atom stereocenters. The van der Waals surface area contributed by atoms with E-state index in [-0.39, 0.29) is 12.8 Å². The van der Waals surface area contributed by atoms with Gasteiger partial charge in [-0.2, -0.15) is 0 Å². The summed E-state index contributed by atoms with van der Waals surface area (Å²) in [5, 5.41) is 16.3. The van der Waals surface area contributed by atoms with Crippen LogP contribution in [-0.2, 0) is 38.1 Å². The van der Waals surface area contributed by atoms with Crippen molar-refractivity contribution in [3.8, 4) is 0 Å². The van der Waals surface area contributed by atoms with Gasteiger partial charge in [-0.15, -0.1) is 0 Å². The molecule has 2 aliphatic carbocycles. The molecule has 4 rings (SSSR count). The second-order valence-corrected chi connectivity index (χ2v) is 9.70. The molecule has 2 saturated carbocycles. The predicted octanol–water partition coefficient (Wildman–Crippen LogP) is 2.66. The average Bonchev–Trinajstić information content (AvgIpc) is 3.70. The highest BCUT2D eigenvalue weighted by Gasteiger charge is 2.47. The second kappa shape index (κ2) is 14.3. The van der Waals surface area contributed by atoms with Crippen molar-refractivity contribution in [3.05, 3.63) is 0 Å². The molecule has 0 amide bonds. The standard InChI is InChI=1S/2C9H14O3.C6H10O4/c2*1-6-2-8-9(12-8)3-7(6)4-11-5-10;7-5(8)3-1-2-4-6(9)10/h2*5-9H,2-4H2,1H3;1-4H2,(H,7,8)(H,9,10). The zero-order chi connectivity index (χ0) is 25.1. The van der Waals surface area contributed by atoms with Crippen LogP contribution in [0, 0.1) is 23.7 Å². The first-order valence-corrected chi connectivity index (χ1v) is 12.1. The van der Waals surface area contributed by atoms with Gasteiger partial charge in [0.1, 0.15) is 0 Å². The highest BCUT2D eigenvalue weighted by atomic mass is 16.6. The number of hydrogen-bond acceptors (Lipinski definition) is 8. The van der Waals surface area contributed by atoms with Crippen LogP contribution in [0.5, 0.6) is 0 Å². The van der Waals surface area contributed by atoms with Gasteiger partial charge < -0.3 is 29.2 Å². The molecule has 0 radical (unpaired) electrons. The van der Waals surface area contributed by atoms with Crippen molar-refractivity contribution >= 4 is 24.9 Å². The van der Waals surface area contributed by atoms with Crippen molar-refractivity contribution in [3.63, 3.8) is 0 Å². The Kier molecular flexibility index (Phi) is 11.8. The van der Waals surface area contributed by atoms with Crippen molar-refractivity contribution in [1.29, 1.82) is 0 Å². The number of carbonyl (C=O) groups is 4. The molecule has 2 heterocycles. The molecule has 0 spiro atoms. The maximum Gasteiger partial charge on any atom is 0.303 e. The highest BCUT2D eigenvalue weighted by Crippen LogP contribution is 2.43. The molecule has 2 N–H and O–H groups in total. The van der Waals surface area contributed by atoms with Gasteiger partial charge in [0, 0.05) is 12.8 Å². The molecule has 10 nitrogen and oxygen atoms in total. The molecule has 4 aliphatic rings. The van der Waals surface area contributed by atoms with E-state index < -0.39 is 11.9 Å². The van der Waals surface area contributed by atoms with Crippen LogP contribution in [0.2, 0.25) is 0 Å². The summed E-state index contributed by atoms with van der Waals surface area (Å²) in [5.74, 6) is 0.552. The third-order valence-electron chi connectivity index (χ3n) is 7.05. The molecule has 0 aromatic heterocycles. The van der Waals surface area contributed by atoms with E-state index in [1.54, 1.807) is 0 Å². The number of aliphatic carboxylic acids is 2. The van der Waals surface area contributed by atoms with E-state index in [2.05, 4.69) is 13.8 Å². The number of ether oxygens (including phenoxy) is 4. The van der Waals surface area contributed by atoms with E-state index in [9.17, 15) is 19.2 Å². The van der Waals surface area contributed by atoms with Crippen LogP contribution in [0.1, 0.15) is 65.2 Å². The van der Waals surface area contributed by atoms with Crippen LogP contribution >= 0.6 is 0 Å². The quantitative estimate of drug-likeness (QED) is 0.253. The van der Waals surface area contributed by atoms with E-state index in [1.165, 1.54) is 0 Å². The Morgan fingerprint density at radius 2 is 1.09 bits per heavy atom. The Bertz CT molecular complexity index is 612. The lowest BCUT2D eigenvalue weighted by molar-refractivity contribution is -0.139. The van der Waals surface area contributed by atoms with Gasteiger partial charge in [-0.1, -0.05) is 13.8 Å². The number of rotatable bonds is 11. The number of hydrogen-bond donors (Lipinski definition) is 2. The Balaban J connectivity index is 0.000000182. The molecule has 0 bridgehead atoms. The SMILES string of the molecule is CC1CC2OC2CC1COC=O.CC1CC2OC2CC1COC=O.O=C(O)CCCCC(=O)O. The summed E-state index contributed by atoms with van der Waals surface area (Å²) in [6, 6.07) is 0. The molecule has 2 saturated heterocycles. The Morgan fingerprint density at radius 3 is 1.41 bits per heavy atom. The third-order valence-corrected chi connectivity index (χ3v) is 7.05. The minimum absolute atomic E-state index is 0.0628. The number of carboxylic acid groups (broad SMARTS) is 2. The topological polar surface area (TPSA) is 152 Å². The van der Waals surface area contributed by atoms with Gasteiger partial charge in [0.15, 0.2) is 0 Å². The Morgan fingerprint density at radius 1 is 0.735 bits per heavy atom. The van der Waals surface area contributed by atoms with E-state index >= 15 is 0 Å². The van der Waals surface area contributed by atoms with Crippen molar-refractivity contribution in [1.82, 2.24) is 0 Å². The molecule has 8 unspecified atom stereocenters. The number of carboxylic acids is 2. The van der Waals surface area contributed by atoms with Gasteiger partial charge in [0.05, 0.1) is 37.6 Å². The number of fused-ring (bicyclic) bond motifs is 2. The van der Waals surface area contributed by atoms with Crippen LogP contribution < -0.4 is 0 Å². The summed E-state index contributed by atoms with van der Waals surface area (Å²) in [7, 11) is 0. The maximum absolute atomic E-state index is 9.99. The summed E-state index contributed by atoms with van der Waals surface area (Å²) < 4.78 is 20.4.